The Morgan fingerprint density at radius 2 is 2.04 bits per heavy atom. The number of hydrogen-bond acceptors (Lipinski definition) is 5. The first-order valence-electron chi connectivity index (χ1n) is 7.15. The Labute approximate surface area is 138 Å². The lowest BCUT2D eigenvalue weighted by atomic mass is 10.1. The van der Waals surface area contributed by atoms with E-state index in [0.717, 1.165) is 17.2 Å². The Kier molecular flexibility index (Phi) is 5.26. The fourth-order valence-corrected chi connectivity index (χ4v) is 2.09. The molecule has 0 bridgehead atoms. The minimum atomic E-state index is -0.607. The highest BCUT2D eigenvalue weighted by atomic mass is 16.6. The van der Waals surface area contributed by atoms with Gasteiger partial charge < -0.3 is 10.1 Å². The standard InChI is InChI=1S/C17H16N2O5/c1-11-4-3-5-15(12(11)2)18-17(21)10-24-16-7-6-14(19(22)23)8-13(16)9-20/h3-9H,10H2,1-2H3,(H,18,21). The average molecular weight is 328 g/mol. The number of carbonyl (C=O) groups excluding carboxylic acids is 2. The summed E-state index contributed by atoms with van der Waals surface area (Å²) in [5.41, 5.74) is 2.48. The predicted molar refractivity (Wildman–Crippen MR) is 88.5 cm³/mol. The van der Waals surface area contributed by atoms with Gasteiger partial charge in [-0.05, 0) is 37.1 Å². The Morgan fingerprint density at radius 3 is 2.71 bits per heavy atom. The van der Waals surface area contributed by atoms with Crippen molar-refractivity contribution in [1.82, 2.24) is 0 Å². The van der Waals surface area contributed by atoms with Crippen molar-refractivity contribution < 1.29 is 19.2 Å². The summed E-state index contributed by atoms with van der Waals surface area (Å²) in [6.07, 6.45) is 0.449. The molecule has 2 aromatic carbocycles. The number of hydrogen-bond donors (Lipinski definition) is 1. The van der Waals surface area contributed by atoms with Gasteiger partial charge in [-0.1, -0.05) is 12.1 Å². The lowest BCUT2D eigenvalue weighted by molar-refractivity contribution is -0.384. The number of nitrogens with one attached hydrogen (secondary N) is 1. The van der Waals surface area contributed by atoms with Crippen molar-refractivity contribution in [3.05, 3.63) is 63.2 Å². The number of nitro groups is 1. The van der Waals surface area contributed by atoms with Gasteiger partial charge in [0, 0.05) is 17.8 Å². The normalized spacial score (nSPS) is 10.1. The minimum absolute atomic E-state index is 0.0173. The minimum Gasteiger partial charge on any atom is -0.483 e. The summed E-state index contributed by atoms with van der Waals surface area (Å²) < 4.78 is 5.30. The number of benzene rings is 2. The predicted octanol–water partition coefficient (Wildman–Crippen LogP) is 3.04. The van der Waals surface area contributed by atoms with E-state index in [9.17, 15) is 19.7 Å². The van der Waals surface area contributed by atoms with Crippen LogP contribution < -0.4 is 10.1 Å². The van der Waals surface area contributed by atoms with Gasteiger partial charge in [-0.3, -0.25) is 19.7 Å². The zero-order valence-electron chi connectivity index (χ0n) is 13.2. The van der Waals surface area contributed by atoms with Crippen LogP contribution >= 0.6 is 0 Å². The topological polar surface area (TPSA) is 98.5 Å². The van der Waals surface area contributed by atoms with E-state index in [4.69, 9.17) is 4.74 Å². The molecule has 1 N–H and O–H groups in total. The van der Waals surface area contributed by atoms with Crippen LogP contribution in [0.2, 0.25) is 0 Å². The van der Waals surface area contributed by atoms with E-state index >= 15 is 0 Å². The molecule has 0 atom stereocenters. The molecule has 0 aliphatic carbocycles. The fraction of sp³-hybridized carbons (Fsp3) is 0.176. The molecule has 7 nitrogen and oxygen atoms in total. The number of rotatable bonds is 6. The fourth-order valence-electron chi connectivity index (χ4n) is 2.09. The molecule has 0 aliphatic heterocycles. The van der Waals surface area contributed by atoms with Crippen LogP contribution in [0.3, 0.4) is 0 Å². The number of ether oxygens (including phenoxy) is 1. The summed E-state index contributed by atoms with van der Waals surface area (Å²) in [7, 11) is 0. The summed E-state index contributed by atoms with van der Waals surface area (Å²) in [5.74, 6) is -0.273. The van der Waals surface area contributed by atoms with Crippen LogP contribution in [0, 0.1) is 24.0 Å². The monoisotopic (exact) mass is 328 g/mol. The lowest BCUT2D eigenvalue weighted by Crippen LogP contribution is -2.21. The van der Waals surface area contributed by atoms with Gasteiger partial charge in [0.15, 0.2) is 12.9 Å². The van der Waals surface area contributed by atoms with Crippen LogP contribution in [0.25, 0.3) is 0 Å². The van der Waals surface area contributed by atoms with Crippen molar-refractivity contribution in [2.24, 2.45) is 0 Å². The zero-order valence-corrected chi connectivity index (χ0v) is 13.2. The Bertz CT molecular complexity index is 802. The van der Waals surface area contributed by atoms with Crippen molar-refractivity contribution >= 4 is 23.6 Å². The van der Waals surface area contributed by atoms with Crippen LogP contribution in [0.15, 0.2) is 36.4 Å². The van der Waals surface area contributed by atoms with Gasteiger partial charge >= 0.3 is 0 Å². The Hall–Kier alpha value is -3.22. The highest BCUT2D eigenvalue weighted by Crippen LogP contribution is 2.23. The van der Waals surface area contributed by atoms with Crippen LogP contribution in [-0.4, -0.2) is 23.7 Å². The molecule has 7 heteroatoms. The molecule has 2 rings (SSSR count). The highest BCUT2D eigenvalue weighted by molar-refractivity contribution is 5.93. The maximum Gasteiger partial charge on any atom is 0.270 e. The van der Waals surface area contributed by atoms with Gasteiger partial charge in [-0.25, -0.2) is 0 Å². The van der Waals surface area contributed by atoms with Gasteiger partial charge in [0.05, 0.1) is 10.5 Å². The van der Waals surface area contributed by atoms with Gasteiger partial charge in [0.1, 0.15) is 5.75 Å². The summed E-state index contributed by atoms with van der Waals surface area (Å²) in [5, 5.41) is 13.4. The molecule has 0 radical (unpaired) electrons. The summed E-state index contributed by atoms with van der Waals surface area (Å²) >= 11 is 0. The van der Waals surface area contributed by atoms with Crippen LogP contribution in [0.1, 0.15) is 21.5 Å². The molecule has 1 amide bonds. The summed E-state index contributed by atoms with van der Waals surface area (Å²) in [6, 6.07) is 9.17. The largest absolute Gasteiger partial charge is 0.483 e. The van der Waals surface area contributed by atoms with Crippen molar-refractivity contribution in [3.8, 4) is 5.75 Å². The first-order chi connectivity index (χ1) is 11.4. The third kappa shape index (κ3) is 3.95. The number of amides is 1. The molecule has 0 unspecified atom stereocenters. The highest BCUT2D eigenvalue weighted by Gasteiger charge is 2.13. The van der Waals surface area contributed by atoms with Gasteiger partial charge in [0.25, 0.3) is 11.6 Å². The quantitative estimate of drug-likeness (QED) is 0.499. The molecule has 0 saturated carbocycles. The Morgan fingerprint density at radius 1 is 1.29 bits per heavy atom. The smallest absolute Gasteiger partial charge is 0.270 e. The number of aryl methyl sites for hydroxylation is 1. The summed E-state index contributed by atoms with van der Waals surface area (Å²) in [6.45, 7) is 3.52. The SMILES string of the molecule is Cc1cccc(NC(=O)COc2ccc([N+](=O)[O-])cc2C=O)c1C. The molecule has 0 aromatic heterocycles. The number of nitrogens with zero attached hydrogens (tertiary/aromatic N) is 1. The molecule has 0 aliphatic rings. The molecular weight excluding hydrogens is 312 g/mol. The van der Waals surface area contributed by atoms with E-state index in [-0.39, 0.29) is 29.5 Å². The number of anilines is 1. The van der Waals surface area contributed by atoms with Crippen LogP contribution in [0.4, 0.5) is 11.4 Å². The third-order valence-corrected chi connectivity index (χ3v) is 3.57. The van der Waals surface area contributed by atoms with E-state index in [1.54, 1.807) is 6.07 Å². The first-order valence-corrected chi connectivity index (χ1v) is 7.15. The number of carbonyl (C=O) groups is 2. The molecule has 24 heavy (non-hydrogen) atoms. The van der Waals surface area contributed by atoms with Crippen molar-refractivity contribution in [1.29, 1.82) is 0 Å². The second-order valence-corrected chi connectivity index (χ2v) is 5.18. The third-order valence-electron chi connectivity index (χ3n) is 3.57. The van der Waals surface area contributed by atoms with E-state index in [1.165, 1.54) is 12.1 Å². The summed E-state index contributed by atoms with van der Waals surface area (Å²) in [4.78, 5) is 33.1. The number of non-ortho nitro benzene ring substituents is 1. The molecule has 0 spiro atoms. The molecule has 2 aromatic rings. The van der Waals surface area contributed by atoms with Crippen molar-refractivity contribution in [2.75, 3.05) is 11.9 Å². The van der Waals surface area contributed by atoms with E-state index < -0.39 is 4.92 Å². The van der Waals surface area contributed by atoms with E-state index in [2.05, 4.69) is 5.32 Å². The number of nitro benzene ring substituents is 1. The molecular formula is C17H16N2O5. The maximum atomic E-state index is 12.0. The van der Waals surface area contributed by atoms with E-state index in [1.807, 2.05) is 26.0 Å². The van der Waals surface area contributed by atoms with Crippen LogP contribution in [-0.2, 0) is 4.79 Å². The lowest BCUT2D eigenvalue weighted by Gasteiger charge is -2.11. The van der Waals surface area contributed by atoms with Crippen molar-refractivity contribution in [2.45, 2.75) is 13.8 Å². The molecule has 0 heterocycles. The first kappa shape index (κ1) is 17.1. The van der Waals surface area contributed by atoms with Gasteiger partial charge in [-0.15, -0.1) is 0 Å². The second-order valence-electron chi connectivity index (χ2n) is 5.18. The average Bonchev–Trinajstić information content (AvgIpc) is 2.56. The molecule has 0 fully saturated rings. The van der Waals surface area contributed by atoms with Gasteiger partial charge in [-0.2, -0.15) is 0 Å². The van der Waals surface area contributed by atoms with E-state index in [0.29, 0.717) is 12.0 Å². The molecule has 0 saturated heterocycles. The Balaban J connectivity index is 2.05. The van der Waals surface area contributed by atoms with Gasteiger partial charge in [0.2, 0.25) is 0 Å². The van der Waals surface area contributed by atoms with Crippen LogP contribution in [0.5, 0.6) is 5.75 Å². The second kappa shape index (κ2) is 7.36. The number of aldehydes is 1. The zero-order chi connectivity index (χ0) is 17.7. The molecule has 124 valence electrons. The maximum absolute atomic E-state index is 12.0. The van der Waals surface area contributed by atoms with Crippen molar-refractivity contribution in [3.63, 3.8) is 0 Å².